The number of hydrogen-bond donors (Lipinski definition) is 1. The van der Waals surface area contributed by atoms with Crippen molar-refractivity contribution in [3.05, 3.63) is 34.9 Å². The third-order valence-electron chi connectivity index (χ3n) is 5.55. The van der Waals surface area contributed by atoms with Gasteiger partial charge in [0.2, 0.25) is 5.91 Å². The van der Waals surface area contributed by atoms with Gasteiger partial charge in [0.15, 0.2) is 0 Å². The van der Waals surface area contributed by atoms with Gasteiger partial charge in [-0.05, 0) is 37.0 Å². The van der Waals surface area contributed by atoms with E-state index in [2.05, 4.69) is 5.32 Å². The van der Waals surface area contributed by atoms with Crippen LogP contribution in [-0.2, 0) is 15.1 Å². The zero-order valence-corrected chi connectivity index (χ0v) is 15.0. The van der Waals surface area contributed by atoms with Crippen molar-refractivity contribution < 1.29 is 14.3 Å². The molecule has 1 spiro atoms. The average Bonchev–Trinajstić information content (AvgIpc) is 3.25. The number of nitrogens with one attached hydrogen (secondary N) is 1. The molecule has 7 heteroatoms. The van der Waals surface area contributed by atoms with Crippen molar-refractivity contribution in [1.82, 2.24) is 15.1 Å². The minimum absolute atomic E-state index is 0.00630. The van der Waals surface area contributed by atoms with Crippen LogP contribution in [0.15, 0.2) is 24.3 Å². The Morgan fingerprint density at radius 2 is 1.92 bits per heavy atom. The highest BCUT2D eigenvalue weighted by molar-refractivity contribution is 6.30. The van der Waals surface area contributed by atoms with Crippen molar-refractivity contribution in [1.29, 1.82) is 0 Å². The van der Waals surface area contributed by atoms with Crippen molar-refractivity contribution in [2.75, 3.05) is 33.3 Å². The summed E-state index contributed by atoms with van der Waals surface area (Å²) < 4.78 is 5.81. The van der Waals surface area contributed by atoms with E-state index in [1.165, 1.54) is 0 Å². The zero-order valence-electron chi connectivity index (χ0n) is 14.3. The lowest BCUT2D eigenvalue weighted by Gasteiger charge is -2.38. The van der Waals surface area contributed by atoms with Crippen LogP contribution < -0.4 is 5.32 Å². The fraction of sp³-hybridized carbons (Fsp3) is 0.556. The number of likely N-dealkylation sites (N-methyl/N-ethyl adjacent to an activating group) is 1. The van der Waals surface area contributed by atoms with Crippen LogP contribution in [0, 0.1) is 0 Å². The summed E-state index contributed by atoms with van der Waals surface area (Å²) in [7, 11) is 1.79. The van der Waals surface area contributed by atoms with E-state index < -0.39 is 5.60 Å². The van der Waals surface area contributed by atoms with Gasteiger partial charge in [0.1, 0.15) is 12.2 Å². The van der Waals surface area contributed by atoms with Gasteiger partial charge in [-0.2, -0.15) is 0 Å². The average molecular weight is 364 g/mol. The van der Waals surface area contributed by atoms with Crippen molar-refractivity contribution in [2.24, 2.45) is 0 Å². The SMILES string of the molecule is CN1CC2(CCN(C(=O)NC3(c4ccc(Cl)cc4)CC3)C2)OCC1=O. The first-order valence-corrected chi connectivity index (χ1v) is 9.00. The number of rotatable bonds is 2. The molecule has 1 aliphatic carbocycles. The van der Waals surface area contributed by atoms with E-state index in [9.17, 15) is 9.59 Å². The predicted octanol–water partition coefficient (Wildman–Crippen LogP) is 1.97. The number of amides is 3. The van der Waals surface area contributed by atoms with E-state index in [1.54, 1.807) is 16.8 Å². The van der Waals surface area contributed by atoms with Gasteiger partial charge in [0.05, 0.1) is 18.6 Å². The molecule has 4 rings (SSSR count). The Balaban J connectivity index is 1.41. The lowest BCUT2D eigenvalue weighted by Crippen LogP contribution is -2.55. The molecule has 3 aliphatic rings. The van der Waals surface area contributed by atoms with Crippen LogP contribution in [0.4, 0.5) is 4.79 Å². The maximum absolute atomic E-state index is 12.8. The number of carbonyl (C=O) groups excluding carboxylic acids is 2. The second-order valence-corrected chi connectivity index (χ2v) is 7.85. The van der Waals surface area contributed by atoms with Crippen LogP contribution in [0.25, 0.3) is 0 Å². The summed E-state index contributed by atoms with van der Waals surface area (Å²) in [5, 5.41) is 3.89. The number of urea groups is 1. The molecule has 1 saturated carbocycles. The molecule has 3 amide bonds. The van der Waals surface area contributed by atoms with Crippen LogP contribution in [0.1, 0.15) is 24.8 Å². The summed E-state index contributed by atoms with van der Waals surface area (Å²) in [6.07, 6.45) is 2.63. The highest BCUT2D eigenvalue weighted by Gasteiger charge is 2.49. The van der Waals surface area contributed by atoms with Gasteiger partial charge < -0.3 is 19.9 Å². The molecule has 0 radical (unpaired) electrons. The maximum Gasteiger partial charge on any atom is 0.318 e. The molecule has 2 aliphatic heterocycles. The maximum atomic E-state index is 12.8. The minimum atomic E-state index is -0.420. The Labute approximate surface area is 152 Å². The summed E-state index contributed by atoms with van der Waals surface area (Å²) in [5.41, 5.74) is 0.410. The summed E-state index contributed by atoms with van der Waals surface area (Å²) in [6, 6.07) is 7.61. The van der Waals surface area contributed by atoms with Crippen LogP contribution in [0.3, 0.4) is 0 Å². The fourth-order valence-electron chi connectivity index (χ4n) is 3.82. The summed E-state index contributed by atoms with van der Waals surface area (Å²) in [6.45, 7) is 1.80. The first-order valence-electron chi connectivity index (χ1n) is 8.63. The van der Waals surface area contributed by atoms with Crippen LogP contribution in [0.2, 0.25) is 5.02 Å². The van der Waals surface area contributed by atoms with Gasteiger partial charge in [-0.3, -0.25) is 4.79 Å². The van der Waals surface area contributed by atoms with Crippen molar-refractivity contribution in [2.45, 2.75) is 30.4 Å². The number of hydrogen-bond acceptors (Lipinski definition) is 3. The molecule has 0 bridgehead atoms. The molecule has 1 atom stereocenters. The molecule has 2 heterocycles. The van der Waals surface area contributed by atoms with Crippen LogP contribution >= 0.6 is 11.6 Å². The summed E-state index contributed by atoms with van der Waals surface area (Å²) in [5.74, 6) is -0.00630. The standard InChI is InChI=1S/C18H22ClN3O3/c1-21-11-17(25-10-15(21)23)8-9-22(12-17)16(24)20-18(6-7-18)13-2-4-14(19)5-3-13/h2-5H,6-12H2,1H3,(H,20,24). The summed E-state index contributed by atoms with van der Waals surface area (Å²) >= 11 is 5.96. The number of likely N-dealkylation sites (tertiary alicyclic amines) is 1. The Morgan fingerprint density at radius 1 is 1.20 bits per heavy atom. The van der Waals surface area contributed by atoms with E-state index in [4.69, 9.17) is 16.3 Å². The molecule has 1 unspecified atom stereocenters. The topological polar surface area (TPSA) is 61.9 Å². The molecular formula is C18H22ClN3O3. The Hall–Kier alpha value is -1.79. The predicted molar refractivity (Wildman–Crippen MR) is 93.4 cm³/mol. The molecular weight excluding hydrogens is 342 g/mol. The molecule has 1 N–H and O–H groups in total. The van der Waals surface area contributed by atoms with E-state index in [-0.39, 0.29) is 24.1 Å². The molecule has 2 saturated heterocycles. The first-order chi connectivity index (χ1) is 11.9. The lowest BCUT2D eigenvalue weighted by molar-refractivity contribution is -0.158. The first kappa shape index (κ1) is 16.7. The molecule has 134 valence electrons. The normalized spacial score (nSPS) is 27.7. The number of halogens is 1. The van der Waals surface area contributed by atoms with Gasteiger partial charge in [-0.1, -0.05) is 23.7 Å². The van der Waals surface area contributed by atoms with Gasteiger partial charge >= 0.3 is 6.03 Å². The Bertz CT molecular complexity index is 704. The van der Waals surface area contributed by atoms with Crippen LogP contribution in [-0.4, -0.2) is 60.6 Å². The van der Waals surface area contributed by atoms with E-state index in [1.807, 2.05) is 24.3 Å². The molecule has 6 nitrogen and oxygen atoms in total. The lowest BCUT2D eigenvalue weighted by atomic mass is 10.0. The zero-order chi connectivity index (χ0) is 17.7. The molecule has 3 fully saturated rings. The van der Waals surface area contributed by atoms with Gasteiger partial charge in [0, 0.05) is 18.6 Å². The minimum Gasteiger partial charge on any atom is -0.361 e. The second-order valence-electron chi connectivity index (χ2n) is 7.41. The van der Waals surface area contributed by atoms with Gasteiger partial charge in [-0.25, -0.2) is 4.79 Å². The number of benzene rings is 1. The number of morpholine rings is 1. The molecule has 1 aromatic carbocycles. The Kier molecular flexibility index (Phi) is 3.92. The third-order valence-corrected chi connectivity index (χ3v) is 5.80. The van der Waals surface area contributed by atoms with E-state index in [0.717, 1.165) is 24.8 Å². The largest absolute Gasteiger partial charge is 0.361 e. The molecule has 0 aromatic heterocycles. The number of ether oxygens (including phenoxy) is 1. The molecule has 1 aromatic rings. The van der Waals surface area contributed by atoms with Crippen molar-refractivity contribution in [3.63, 3.8) is 0 Å². The van der Waals surface area contributed by atoms with Crippen molar-refractivity contribution >= 4 is 23.5 Å². The highest BCUT2D eigenvalue weighted by atomic mass is 35.5. The quantitative estimate of drug-likeness (QED) is 0.873. The van der Waals surface area contributed by atoms with Gasteiger partial charge in [-0.15, -0.1) is 0 Å². The van der Waals surface area contributed by atoms with Crippen molar-refractivity contribution in [3.8, 4) is 0 Å². The monoisotopic (exact) mass is 363 g/mol. The fourth-order valence-corrected chi connectivity index (χ4v) is 3.95. The molecule has 25 heavy (non-hydrogen) atoms. The highest BCUT2D eigenvalue weighted by Crippen LogP contribution is 2.46. The van der Waals surface area contributed by atoms with E-state index >= 15 is 0 Å². The Morgan fingerprint density at radius 3 is 2.56 bits per heavy atom. The van der Waals surface area contributed by atoms with E-state index in [0.29, 0.717) is 24.7 Å². The number of carbonyl (C=O) groups is 2. The number of nitrogens with zero attached hydrogens (tertiary/aromatic N) is 2. The smallest absolute Gasteiger partial charge is 0.318 e. The second kappa shape index (κ2) is 5.88. The summed E-state index contributed by atoms with van der Waals surface area (Å²) in [4.78, 5) is 27.9. The van der Waals surface area contributed by atoms with Crippen LogP contribution in [0.5, 0.6) is 0 Å². The third kappa shape index (κ3) is 3.09. The van der Waals surface area contributed by atoms with Gasteiger partial charge in [0.25, 0.3) is 0 Å².